The Bertz CT molecular complexity index is 422. The number of para-hydroxylation sites is 1. The van der Waals surface area contributed by atoms with Crippen LogP contribution in [0.5, 0.6) is 0 Å². The van der Waals surface area contributed by atoms with E-state index in [0.29, 0.717) is 13.1 Å². The normalized spacial score (nSPS) is 19.8. The molecule has 1 aliphatic heterocycles. The molecule has 1 aliphatic rings. The quantitative estimate of drug-likeness (QED) is 0.893. The summed E-state index contributed by atoms with van der Waals surface area (Å²) in [5.74, 6) is 0.110. The SMILES string of the molecule is CCN(C(=O)CN1CCCCC1CO)c1ccccc1. The van der Waals surface area contributed by atoms with E-state index in [4.69, 9.17) is 0 Å². The van der Waals surface area contributed by atoms with E-state index in [9.17, 15) is 9.90 Å². The molecule has 1 aromatic rings. The minimum Gasteiger partial charge on any atom is -0.395 e. The van der Waals surface area contributed by atoms with Crippen LogP contribution in [-0.4, -0.2) is 48.2 Å². The van der Waals surface area contributed by atoms with Gasteiger partial charge in [-0.25, -0.2) is 0 Å². The fraction of sp³-hybridized carbons (Fsp3) is 0.562. The summed E-state index contributed by atoms with van der Waals surface area (Å²) in [6.45, 7) is 4.10. The number of nitrogens with zero attached hydrogens (tertiary/aromatic N) is 2. The lowest BCUT2D eigenvalue weighted by atomic mass is 10.0. The molecule has 0 spiro atoms. The minimum atomic E-state index is 0.110. The molecule has 20 heavy (non-hydrogen) atoms. The van der Waals surface area contributed by atoms with Crippen molar-refractivity contribution in [3.63, 3.8) is 0 Å². The predicted octanol–water partition coefficient (Wildman–Crippen LogP) is 1.89. The van der Waals surface area contributed by atoms with Gasteiger partial charge in [0.2, 0.25) is 5.91 Å². The van der Waals surface area contributed by atoms with E-state index in [1.807, 2.05) is 42.2 Å². The van der Waals surface area contributed by atoms with E-state index in [1.165, 1.54) is 0 Å². The van der Waals surface area contributed by atoms with Gasteiger partial charge < -0.3 is 10.0 Å². The van der Waals surface area contributed by atoms with Gasteiger partial charge in [-0.2, -0.15) is 0 Å². The Kier molecular flexibility index (Phi) is 5.56. The standard InChI is InChI=1S/C16H24N2O2/c1-2-18(14-8-4-3-5-9-14)16(20)12-17-11-7-6-10-15(17)13-19/h3-5,8-9,15,19H,2,6-7,10-13H2,1H3. The van der Waals surface area contributed by atoms with E-state index in [-0.39, 0.29) is 18.6 Å². The fourth-order valence-electron chi connectivity index (χ4n) is 2.84. The maximum atomic E-state index is 12.5. The largest absolute Gasteiger partial charge is 0.395 e. The van der Waals surface area contributed by atoms with E-state index in [2.05, 4.69) is 4.90 Å². The number of rotatable bonds is 5. The second-order valence-corrected chi connectivity index (χ2v) is 5.28. The third-order valence-corrected chi connectivity index (χ3v) is 3.98. The summed E-state index contributed by atoms with van der Waals surface area (Å²) in [5.41, 5.74) is 0.942. The maximum absolute atomic E-state index is 12.5. The second-order valence-electron chi connectivity index (χ2n) is 5.28. The number of benzene rings is 1. The number of likely N-dealkylation sites (tertiary alicyclic amines) is 1. The summed E-state index contributed by atoms with van der Waals surface area (Å²) in [6.07, 6.45) is 3.24. The highest BCUT2D eigenvalue weighted by Crippen LogP contribution is 2.18. The highest BCUT2D eigenvalue weighted by atomic mass is 16.3. The second kappa shape index (κ2) is 7.41. The number of aliphatic hydroxyl groups is 1. The Hall–Kier alpha value is -1.39. The summed E-state index contributed by atoms with van der Waals surface area (Å²) in [5, 5.41) is 9.42. The van der Waals surface area contributed by atoms with Crippen molar-refractivity contribution in [1.82, 2.24) is 4.90 Å². The Labute approximate surface area is 121 Å². The first-order valence-corrected chi connectivity index (χ1v) is 7.46. The number of amides is 1. The maximum Gasteiger partial charge on any atom is 0.241 e. The molecule has 1 heterocycles. The molecule has 1 amide bonds. The third kappa shape index (κ3) is 3.58. The van der Waals surface area contributed by atoms with Crippen molar-refractivity contribution in [2.45, 2.75) is 32.2 Å². The van der Waals surface area contributed by atoms with Crippen LogP contribution in [0.25, 0.3) is 0 Å². The zero-order valence-electron chi connectivity index (χ0n) is 12.2. The van der Waals surface area contributed by atoms with Crippen LogP contribution in [0.1, 0.15) is 26.2 Å². The van der Waals surface area contributed by atoms with Crippen molar-refractivity contribution in [2.75, 3.05) is 31.1 Å². The van der Waals surface area contributed by atoms with Crippen molar-refractivity contribution in [3.05, 3.63) is 30.3 Å². The van der Waals surface area contributed by atoms with E-state index in [1.54, 1.807) is 0 Å². The molecular formula is C16H24N2O2. The van der Waals surface area contributed by atoms with Crippen molar-refractivity contribution in [1.29, 1.82) is 0 Å². The Balaban J connectivity index is 2.02. The van der Waals surface area contributed by atoms with Crippen LogP contribution in [0.3, 0.4) is 0 Å². The van der Waals surface area contributed by atoms with Crippen molar-refractivity contribution in [2.24, 2.45) is 0 Å². The molecule has 2 rings (SSSR count). The lowest BCUT2D eigenvalue weighted by Gasteiger charge is -2.35. The Morgan fingerprint density at radius 3 is 2.75 bits per heavy atom. The smallest absolute Gasteiger partial charge is 0.241 e. The molecule has 0 aromatic heterocycles. The first-order valence-electron chi connectivity index (χ1n) is 7.46. The van der Waals surface area contributed by atoms with Gasteiger partial charge in [-0.1, -0.05) is 24.6 Å². The third-order valence-electron chi connectivity index (χ3n) is 3.98. The van der Waals surface area contributed by atoms with Gasteiger partial charge in [0.05, 0.1) is 13.2 Å². The lowest BCUT2D eigenvalue weighted by molar-refractivity contribution is -0.120. The fourth-order valence-corrected chi connectivity index (χ4v) is 2.84. The minimum absolute atomic E-state index is 0.110. The molecular weight excluding hydrogens is 252 g/mol. The topological polar surface area (TPSA) is 43.8 Å². The highest BCUT2D eigenvalue weighted by molar-refractivity contribution is 5.94. The number of likely N-dealkylation sites (N-methyl/N-ethyl adjacent to an activating group) is 1. The summed E-state index contributed by atoms with van der Waals surface area (Å²) in [4.78, 5) is 16.4. The number of hydrogen-bond donors (Lipinski definition) is 1. The van der Waals surface area contributed by atoms with Gasteiger partial charge in [0.1, 0.15) is 0 Å². The molecule has 1 saturated heterocycles. The average Bonchev–Trinajstić information content (AvgIpc) is 2.49. The van der Waals surface area contributed by atoms with Crippen LogP contribution in [-0.2, 0) is 4.79 Å². The average molecular weight is 276 g/mol. The van der Waals surface area contributed by atoms with Gasteiger partial charge in [-0.05, 0) is 38.4 Å². The van der Waals surface area contributed by atoms with Crippen LogP contribution in [0.2, 0.25) is 0 Å². The van der Waals surface area contributed by atoms with Crippen molar-refractivity contribution in [3.8, 4) is 0 Å². The first kappa shape index (κ1) is 15.0. The molecule has 0 bridgehead atoms. The van der Waals surface area contributed by atoms with Gasteiger partial charge >= 0.3 is 0 Å². The molecule has 4 nitrogen and oxygen atoms in total. The van der Waals surface area contributed by atoms with E-state index >= 15 is 0 Å². The molecule has 0 aliphatic carbocycles. The van der Waals surface area contributed by atoms with Crippen LogP contribution in [0, 0.1) is 0 Å². The summed E-state index contributed by atoms with van der Waals surface area (Å²) < 4.78 is 0. The molecule has 0 saturated carbocycles. The van der Waals surface area contributed by atoms with Crippen LogP contribution in [0.15, 0.2) is 30.3 Å². The van der Waals surface area contributed by atoms with Crippen LogP contribution in [0.4, 0.5) is 5.69 Å². The van der Waals surface area contributed by atoms with Gasteiger partial charge in [-0.15, -0.1) is 0 Å². The predicted molar refractivity (Wildman–Crippen MR) is 80.8 cm³/mol. The van der Waals surface area contributed by atoms with E-state index in [0.717, 1.165) is 31.5 Å². The zero-order valence-corrected chi connectivity index (χ0v) is 12.2. The monoisotopic (exact) mass is 276 g/mol. The Morgan fingerprint density at radius 2 is 2.10 bits per heavy atom. The summed E-state index contributed by atoms with van der Waals surface area (Å²) in [6, 6.07) is 9.91. The van der Waals surface area contributed by atoms with Crippen LogP contribution >= 0.6 is 0 Å². The van der Waals surface area contributed by atoms with E-state index < -0.39 is 0 Å². The molecule has 1 aromatic carbocycles. The van der Waals surface area contributed by atoms with Crippen molar-refractivity contribution < 1.29 is 9.90 Å². The molecule has 1 N–H and O–H groups in total. The summed E-state index contributed by atoms with van der Waals surface area (Å²) >= 11 is 0. The van der Waals surface area contributed by atoms with Gasteiger partial charge in [0.15, 0.2) is 0 Å². The van der Waals surface area contributed by atoms with Gasteiger partial charge in [0, 0.05) is 18.3 Å². The van der Waals surface area contributed by atoms with Gasteiger partial charge in [0.25, 0.3) is 0 Å². The van der Waals surface area contributed by atoms with Crippen molar-refractivity contribution >= 4 is 11.6 Å². The highest BCUT2D eigenvalue weighted by Gasteiger charge is 2.25. The zero-order chi connectivity index (χ0) is 14.4. The number of aliphatic hydroxyl groups excluding tert-OH is 1. The number of piperidine rings is 1. The number of anilines is 1. The number of carbonyl (C=O) groups is 1. The first-order chi connectivity index (χ1) is 9.76. The van der Waals surface area contributed by atoms with Gasteiger partial charge in [-0.3, -0.25) is 9.69 Å². The molecule has 1 unspecified atom stereocenters. The number of carbonyl (C=O) groups excluding carboxylic acids is 1. The molecule has 110 valence electrons. The molecule has 4 heteroatoms. The molecule has 1 atom stereocenters. The molecule has 1 fully saturated rings. The Morgan fingerprint density at radius 1 is 1.35 bits per heavy atom. The van der Waals surface area contributed by atoms with Crippen LogP contribution < -0.4 is 4.90 Å². The number of hydrogen-bond acceptors (Lipinski definition) is 3. The molecule has 0 radical (unpaired) electrons. The lowest BCUT2D eigenvalue weighted by Crippen LogP contribution is -2.48. The summed E-state index contributed by atoms with van der Waals surface area (Å²) in [7, 11) is 0.